The molecule has 1 amide bonds. The molecule has 0 spiro atoms. The number of carbonyl (C=O) groups excluding carboxylic acids is 1. The zero-order chi connectivity index (χ0) is 15.2. The number of aliphatic hydroxyl groups is 1. The van der Waals surface area contributed by atoms with Gasteiger partial charge in [-0.3, -0.25) is 4.79 Å². The topological polar surface area (TPSA) is 67.8 Å². The lowest BCUT2D eigenvalue weighted by molar-refractivity contribution is -0.0147. The molecule has 0 aromatic heterocycles. The van der Waals surface area contributed by atoms with Gasteiger partial charge < -0.3 is 19.9 Å². The van der Waals surface area contributed by atoms with Crippen LogP contribution in [0.25, 0.3) is 0 Å². The molecule has 1 unspecified atom stereocenters. The normalized spacial score (nSPS) is 13.9. The number of amides is 1. The SMILES string of the molecule is COCC(C)(O)CNC(=O)c1ccc(OC(C)C)cc1. The third kappa shape index (κ3) is 5.59. The second-order valence-electron chi connectivity index (χ2n) is 5.30. The van der Waals surface area contributed by atoms with Crippen LogP contribution in [0.3, 0.4) is 0 Å². The van der Waals surface area contributed by atoms with E-state index in [9.17, 15) is 9.90 Å². The number of ether oxygens (including phenoxy) is 2. The maximum absolute atomic E-state index is 11.9. The molecule has 2 N–H and O–H groups in total. The van der Waals surface area contributed by atoms with Gasteiger partial charge in [0, 0.05) is 19.2 Å². The molecular formula is C15H23NO4. The summed E-state index contributed by atoms with van der Waals surface area (Å²) < 4.78 is 10.4. The number of rotatable bonds is 7. The van der Waals surface area contributed by atoms with E-state index in [4.69, 9.17) is 9.47 Å². The molecule has 1 rings (SSSR count). The van der Waals surface area contributed by atoms with Gasteiger partial charge in [-0.25, -0.2) is 0 Å². The van der Waals surface area contributed by atoms with Crippen molar-refractivity contribution in [1.29, 1.82) is 0 Å². The molecule has 0 aliphatic heterocycles. The summed E-state index contributed by atoms with van der Waals surface area (Å²) in [6, 6.07) is 6.89. The maximum atomic E-state index is 11.9. The molecule has 1 aromatic carbocycles. The van der Waals surface area contributed by atoms with Gasteiger partial charge in [-0.05, 0) is 45.0 Å². The van der Waals surface area contributed by atoms with Gasteiger partial charge in [0.1, 0.15) is 11.4 Å². The van der Waals surface area contributed by atoms with Crippen molar-refractivity contribution in [3.63, 3.8) is 0 Å². The van der Waals surface area contributed by atoms with Crippen LogP contribution in [0.15, 0.2) is 24.3 Å². The summed E-state index contributed by atoms with van der Waals surface area (Å²) in [5.74, 6) is 0.486. The van der Waals surface area contributed by atoms with Gasteiger partial charge >= 0.3 is 0 Å². The molecule has 20 heavy (non-hydrogen) atoms. The number of nitrogens with one attached hydrogen (secondary N) is 1. The van der Waals surface area contributed by atoms with E-state index in [0.29, 0.717) is 5.56 Å². The number of methoxy groups -OCH3 is 1. The summed E-state index contributed by atoms with van der Waals surface area (Å²) in [5.41, 5.74) is -0.556. The molecule has 5 nitrogen and oxygen atoms in total. The summed E-state index contributed by atoms with van der Waals surface area (Å²) in [5, 5.41) is 12.6. The molecule has 0 aliphatic rings. The van der Waals surface area contributed by atoms with E-state index in [2.05, 4.69) is 5.32 Å². The van der Waals surface area contributed by atoms with E-state index >= 15 is 0 Å². The Hall–Kier alpha value is -1.59. The Morgan fingerprint density at radius 3 is 2.45 bits per heavy atom. The lowest BCUT2D eigenvalue weighted by Gasteiger charge is -2.22. The first-order valence-corrected chi connectivity index (χ1v) is 6.60. The minimum absolute atomic E-state index is 0.0961. The van der Waals surface area contributed by atoms with Crippen molar-refractivity contribution in [2.45, 2.75) is 32.5 Å². The molecule has 0 radical (unpaired) electrons. The minimum Gasteiger partial charge on any atom is -0.491 e. The van der Waals surface area contributed by atoms with Crippen molar-refractivity contribution in [2.24, 2.45) is 0 Å². The highest BCUT2D eigenvalue weighted by Gasteiger charge is 2.21. The van der Waals surface area contributed by atoms with Crippen molar-refractivity contribution in [3.05, 3.63) is 29.8 Å². The Morgan fingerprint density at radius 2 is 1.95 bits per heavy atom. The van der Waals surface area contributed by atoms with Crippen LogP contribution in [0, 0.1) is 0 Å². The second-order valence-corrected chi connectivity index (χ2v) is 5.30. The minimum atomic E-state index is -1.08. The van der Waals surface area contributed by atoms with Gasteiger partial charge in [0.15, 0.2) is 0 Å². The molecular weight excluding hydrogens is 258 g/mol. The average Bonchev–Trinajstić information content (AvgIpc) is 2.36. The number of hydrogen-bond acceptors (Lipinski definition) is 4. The van der Waals surface area contributed by atoms with E-state index in [0.717, 1.165) is 5.75 Å². The third-order valence-corrected chi connectivity index (χ3v) is 2.57. The van der Waals surface area contributed by atoms with Crippen molar-refractivity contribution in [1.82, 2.24) is 5.32 Å². The van der Waals surface area contributed by atoms with E-state index in [1.807, 2.05) is 13.8 Å². The molecule has 0 bridgehead atoms. The van der Waals surface area contributed by atoms with Gasteiger partial charge in [-0.1, -0.05) is 0 Å². The highest BCUT2D eigenvalue weighted by molar-refractivity contribution is 5.94. The monoisotopic (exact) mass is 281 g/mol. The Kier molecular flexibility index (Phi) is 5.98. The Morgan fingerprint density at radius 1 is 1.35 bits per heavy atom. The first-order valence-electron chi connectivity index (χ1n) is 6.60. The molecule has 1 aromatic rings. The van der Waals surface area contributed by atoms with Crippen LogP contribution in [0.5, 0.6) is 5.75 Å². The fraction of sp³-hybridized carbons (Fsp3) is 0.533. The Labute approximate surface area is 119 Å². The average molecular weight is 281 g/mol. The lowest BCUT2D eigenvalue weighted by atomic mass is 10.1. The Balaban J connectivity index is 2.55. The third-order valence-electron chi connectivity index (χ3n) is 2.57. The summed E-state index contributed by atoms with van der Waals surface area (Å²) in [6.07, 6.45) is 0.0961. The zero-order valence-corrected chi connectivity index (χ0v) is 12.5. The molecule has 0 heterocycles. The van der Waals surface area contributed by atoms with E-state index in [1.54, 1.807) is 31.2 Å². The van der Waals surface area contributed by atoms with Crippen LogP contribution in [0.1, 0.15) is 31.1 Å². The van der Waals surface area contributed by atoms with Gasteiger partial charge in [0.2, 0.25) is 0 Å². The summed E-state index contributed by atoms with van der Waals surface area (Å²) in [6.45, 7) is 5.78. The highest BCUT2D eigenvalue weighted by Crippen LogP contribution is 2.14. The number of benzene rings is 1. The molecule has 112 valence electrons. The van der Waals surface area contributed by atoms with E-state index in [1.165, 1.54) is 7.11 Å². The number of carbonyl (C=O) groups is 1. The van der Waals surface area contributed by atoms with Gasteiger partial charge in [-0.2, -0.15) is 0 Å². The van der Waals surface area contributed by atoms with Crippen LogP contribution in [-0.4, -0.2) is 43.0 Å². The predicted octanol–water partition coefficient (Wildman–Crippen LogP) is 1.60. The predicted molar refractivity (Wildman–Crippen MR) is 77.0 cm³/mol. The smallest absolute Gasteiger partial charge is 0.251 e. The van der Waals surface area contributed by atoms with Crippen molar-refractivity contribution in [3.8, 4) is 5.75 Å². The van der Waals surface area contributed by atoms with Crippen LogP contribution in [0.2, 0.25) is 0 Å². The van der Waals surface area contributed by atoms with Crippen molar-refractivity contribution in [2.75, 3.05) is 20.3 Å². The molecule has 0 saturated heterocycles. The second kappa shape index (κ2) is 7.26. The van der Waals surface area contributed by atoms with Crippen LogP contribution in [0.4, 0.5) is 0 Å². The first-order chi connectivity index (χ1) is 9.34. The molecule has 0 aliphatic carbocycles. The van der Waals surface area contributed by atoms with Crippen molar-refractivity contribution >= 4 is 5.91 Å². The van der Waals surface area contributed by atoms with E-state index in [-0.39, 0.29) is 25.2 Å². The maximum Gasteiger partial charge on any atom is 0.251 e. The van der Waals surface area contributed by atoms with Crippen molar-refractivity contribution < 1.29 is 19.4 Å². The van der Waals surface area contributed by atoms with E-state index < -0.39 is 5.60 Å². The highest BCUT2D eigenvalue weighted by atomic mass is 16.5. The van der Waals surface area contributed by atoms with Gasteiger partial charge in [-0.15, -0.1) is 0 Å². The van der Waals surface area contributed by atoms with Crippen LogP contribution >= 0.6 is 0 Å². The summed E-state index contributed by atoms with van der Waals surface area (Å²) >= 11 is 0. The van der Waals surface area contributed by atoms with Crippen LogP contribution in [-0.2, 0) is 4.74 Å². The number of hydrogen-bond donors (Lipinski definition) is 2. The fourth-order valence-electron chi connectivity index (χ4n) is 1.69. The molecule has 0 saturated carbocycles. The molecule has 1 atom stereocenters. The molecule has 5 heteroatoms. The molecule has 0 fully saturated rings. The standard InChI is InChI=1S/C15H23NO4/c1-11(2)20-13-7-5-12(6-8-13)14(17)16-9-15(3,18)10-19-4/h5-8,11,18H,9-10H2,1-4H3,(H,16,17). The summed E-state index contributed by atoms with van der Waals surface area (Å²) in [4.78, 5) is 11.9. The quantitative estimate of drug-likeness (QED) is 0.796. The zero-order valence-electron chi connectivity index (χ0n) is 12.5. The fourth-order valence-corrected chi connectivity index (χ4v) is 1.69. The van der Waals surface area contributed by atoms with Gasteiger partial charge in [0.25, 0.3) is 5.91 Å². The Bertz CT molecular complexity index is 426. The van der Waals surface area contributed by atoms with Gasteiger partial charge in [0.05, 0.1) is 12.7 Å². The van der Waals surface area contributed by atoms with Crippen LogP contribution < -0.4 is 10.1 Å². The summed E-state index contributed by atoms with van der Waals surface area (Å²) in [7, 11) is 1.50. The lowest BCUT2D eigenvalue weighted by Crippen LogP contribution is -2.43. The largest absolute Gasteiger partial charge is 0.491 e. The first kappa shape index (κ1) is 16.5.